The molecule has 3 nitrogen and oxygen atoms in total. The Morgan fingerprint density at radius 2 is 1.50 bits per heavy atom. The van der Waals surface area contributed by atoms with Gasteiger partial charge >= 0.3 is 0 Å². The third-order valence-electron chi connectivity index (χ3n) is 3.97. The van der Waals surface area contributed by atoms with Crippen LogP contribution in [-0.2, 0) is 6.54 Å². The van der Waals surface area contributed by atoms with Gasteiger partial charge < -0.3 is 15.0 Å². The van der Waals surface area contributed by atoms with Gasteiger partial charge in [-0.2, -0.15) is 0 Å². The molecule has 0 bridgehead atoms. The standard InChI is InChI=1S/C19H34N2O/c1-4-6-14-21(15-7-5-2)16-8-13-20-17-18-9-11-19(22-3)12-10-18/h9-12,20H,4-8,13-17H2,1-3H3. The Morgan fingerprint density at radius 3 is 2.05 bits per heavy atom. The normalized spacial score (nSPS) is 11.1. The summed E-state index contributed by atoms with van der Waals surface area (Å²) in [5, 5.41) is 3.54. The van der Waals surface area contributed by atoms with E-state index in [1.165, 1.54) is 57.3 Å². The van der Waals surface area contributed by atoms with E-state index in [1.54, 1.807) is 7.11 Å². The molecule has 1 N–H and O–H groups in total. The summed E-state index contributed by atoms with van der Waals surface area (Å²) in [6.45, 7) is 10.3. The van der Waals surface area contributed by atoms with Crippen molar-refractivity contribution >= 4 is 0 Å². The smallest absolute Gasteiger partial charge is 0.118 e. The fraction of sp³-hybridized carbons (Fsp3) is 0.684. The molecule has 3 heteroatoms. The van der Waals surface area contributed by atoms with Gasteiger partial charge in [0.1, 0.15) is 5.75 Å². The van der Waals surface area contributed by atoms with Crippen LogP contribution in [0, 0.1) is 0 Å². The summed E-state index contributed by atoms with van der Waals surface area (Å²) in [4.78, 5) is 2.63. The third-order valence-corrected chi connectivity index (χ3v) is 3.97. The fourth-order valence-electron chi connectivity index (χ4n) is 2.50. The number of unbranched alkanes of at least 4 members (excludes halogenated alkanes) is 2. The lowest BCUT2D eigenvalue weighted by molar-refractivity contribution is 0.261. The van der Waals surface area contributed by atoms with Crippen molar-refractivity contribution in [1.82, 2.24) is 10.2 Å². The molecule has 0 saturated heterocycles. The van der Waals surface area contributed by atoms with Crippen LogP contribution < -0.4 is 10.1 Å². The summed E-state index contributed by atoms with van der Waals surface area (Å²) in [5.41, 5.74) is 1.31. The lowest BCUT2D eigenvalue weighted by Crippen LogP contribution is -2.29. The maximum absolute atomic E-state index is 5.18. The zero-order valence-corrected chi connectivity index (χ0v) is 14.7. The largest absolute Gasteiger partial charge is 0.497 e. The molecule has 1 aromatic rings. The summed E-state index contributed by atoms with van der Waals surface area (Å²) in [5.74, 6) is 0.922. The maximum atomic E-state index is 5.18. The molecule has 126 valence electrons. The molecule has 0 aliphatic heterocycles. The predicted molar refractivity (Wildman–Crippen MR) is 95.6 cm³/mol. The van der Waals surface area contributed by atoms with Gasteiger partial charge in [-0.05, 0) is 63.1 Å². The SMILES string of the molecule is CCCCN(CCCC)CCCNCc1ccc(OC)cc1. The first kappa shape index (κ1) is 19.0. The highest BCUT2D eigenvalue weighted by Gasteiger charge is 2.03. The summed E-state index contributed by atoms with van der Waals surface area (Å²) in [6.07, 6.45) is 6.45. The predicted octanol–water partition coefficient (Wildman–Crippen LogP) is 4.08. The van der Waals surface area contributed by atoms with Gasteiger partial charge in [0.15, 0.2) is 0 Å². The number of ether oxygens (including phenoxy) is 1. The lowest BCUT2D eigenvalue weighted by Gasteiger charge is -2.21. The lowest BCUT2D eigenvalue weighted by atomic mass is 10.2. The molecule has 0 aromatic heterocycles. The number of hydrogen-bond donors (Lipinski definition) is 1. The molecule has 0 amide bonds. The minimum absolute atomic E-state index is 0.922. The Hall–Kier alpha value is -1.06. The van der Waals surface area contributed by atoms with Crippen molar-refractivity contribution in [2.45, 2.75) is 52.5 Å². The van der Waals surface area contributed by atoms with E-state index in [2.05, 4.69) is 36.2 Å². The van der Waals surface area contributed by atoms with Crippen molar-refractivity contribution in [3.63, 3.8) is 0 Å². The molecular formula is C19H34N2O. The quantitative estimate of drug-likeness (QED) is 0.556. The van der Waals surface area contributed by atoms with Gasteiger partial charge in [-0.3, -0.25) is 0 Å². The first-order valence-electron chi connectivity index (χ1n) is 8.86. The molecule has 1 aromatic carbocycles. The highest BCUT2D eigenvalue weighted by atomic mass is 16.5. The van der Waals surface area contributed by atoms with Gasteiger partial charge in [0.2, 0.25) is 0 Å². The second-order valence-electron chi connectivity index (χ2n) is 5.93. The van der Waals surface area contributed by atoms with Crippen LogP contribution in [0.1, 0.15) is 51.5 Å². The van der Waals surface area contributed by atoms with Crippen molar-refractivity contribution in [1.29, 1.82) is 0 Å². The van der Waals surface area contributed by atoms with Crippen LogP contribution in [0.3, 0.4) is 0 Å². The van der Waals surface area contributed by atoms with Gasteiger partial charge in [-0.15, -0.1) is 0 Å². The molecule has 0 aliphatic rings. The summed E-state index contributed by atoms with van der Waals surface area (Å²) >= 11 is 0. The molecule has 0 aliphatic carbocycles. The van der Waals surface area contributed by atoms with Crippen molar-refractivity contribution in [3.05, 3.63) is 29.8 Å². The Kier molecular flexibility index (Phi) is 10.8. The molecule has 0 saturated carbocycles. The summed E-state index contributed by atoms with van der Waals surface area (Å²) in [7, 11) is 1.70. The van der Waals surface area contributed by atoms with E-state index < -0.39 is 0 Å². The van der Waals surface area contributed by atoms with Crippen molar-refractivity contribution in [2.75, 3.05) is 33.3 Å². The monoisotopic (exact) mass is 306 g/mol. The number of nitrogens with one attached hydrogen (secondary N) is 1. The van der Waals surface area contributed by atoms with Crippen LogP contribution in [0.25, 0.3) is 0 Å². The van der Waals surface area contributed by atoms with E-state index in [0.717, 1.165) is 18.8 Å². The molecule has 0 heterocycles. The van der Waals surface area contributed by atoms with Crippen molar-refractivity contribution in [3.8, 4) is 5.75 Å². The molecule has 0 radical (unpaired) electrons. The Labute approximate surface area is 137 Å². The zero-order valence-electron chi connectivity index (χ0n) is 14.7. The second-order valence-corrected chi connectivity index (χ2v) is 5.93. The van der Waals surface area contributed by atoms with E-state index in [9.17, 15) is 0 Å². The Bertz CT molecular complexity index is 356. The van der Waals surface area contributed by atoms with Crippen molar-refractivity contribution < 1.29 is 4.74 Å². The van der Waals surface area contributed by atoms with Crippen LogP contribution in [0.4, 0.5) is 0 Å². The van der Waals surface area contributed by atoms with Gasteiger partial charge in [0, 0.05) is 6.54 Å². The van der Waals surface area contributed by atoms with E-state index in [0.29, 0.717) is 0 Å². The van der Waals surface area contributed by atoms with Crippen LogP contribution in [0.5, 0.6) is 5.75 Å². The van der Waals surface area contributed by atoms with Crippen LogP contribution >= 0.6 is 0 Å². The van der Waals surface area contributed by atoms with Gasteiger partial charge in [-0.1, -0.05) is 38.8 Å². The van der Waals surface area contributed by atoms with E-state index in [4.69, 9.17) is 4.74 Å². The number of rotatable bonds is 13. The average Bonchev–Trinajstić information content (AvgIpc) is 2.56. The number of hydrogen-bond acceptors (Lipinski definition) is 3. The van der Waals surface area contributed by atoms with E-state index in [1.807, 2.05) is 12.1 Å². The van der Waals surface area contributed by atoms with Gasteiger partial charge in [-0.25, -0.2) is 0 Å². The molecule has 0 spiro atoms. The van der Waals surface area contributed by atoms with E-state index in [-0.39, 0.29) is 0 Å². The Morgan fingerprint density at radius 1 is 0.909 bits per heavy atom. The van der Waals surface area contributed by atoms with Crippen molar-refractivity contribution in [2.24, 2.45) is 0 Å². The minimum Gasteiger partial charge on any atom is -0.497 e. The maximum Gasteiger partial charge on any atom is 0.118 e. The fourth-order valence-corrected chi connectivity index (χ4v) is 2.50. The molecule has 0 fully saturated rings. The molecule has 0 atom stereocenters. The number of nitrogens with zero attached hydrogens (tertiary/aromatic N) is 1. The molecule has 0 unspecified atom stereocenters. The summed E-state index contributed by atoms with van der Waals surface area (Å²) < 4.78 is 5.18. The number of benzene rings is 1. The van der Waals surface area contributed by atoms with E-state index >= 15 is 0 Å². The Balaban J connectivity index is 2.15. The highest BCUT2D eigenvalue weighted by Crippen LogP contribution is 2.10. The zero-order chi connectivity index (χ0) is 16.0. The van der Waals surface area contributed by atoms with Crippen LogP contribution in [-0.4, -0.2) is 38.2 Å². The molecular weight excluding hydrogens is 272 g/mol. The topological polar surface area (TPSA) is 24.5 Å². The highest BCUT2D eigenvalue weighted by molar-refractivity contribution is 5.26. The molecule has 1 rings (SSSR count). The molecule has 22 heavy (non-hydrogen) atoms. The first-order chi connectivity index (χ1) is 10.8. The van der Waals surface area contributed by atoms with Crippen LogP contribution in [0.15, 0.2) is 24.3 Å². The minimum atomic E-state index is 0.922. The average molecular weight is 306 g/mol. The summed E-state index contributed by atoms with van der Waals surface area (Å²) in [6, 6.07) is 8.30. The van der Waals surface area contributed by atoms with Gasteiger partial charge in [0.25, 0.3) is 0 Å². The first-order valence-corrected chi connectivity index (χ1v) is 8.86. The van der Waals surface area contributed by atoms with Crippen LogP contribution in [0.2, 0.25) is 0 Å². The second kappa shape index (κ2) is 12.5. The third kappa shape index (κ3) is 8.40. The number of methoxy groups -OCH3 is 1. The van der Waals surface area contributed by atoms with Gasteiger partial charge in [0.05, 0.1) is 7.11 Å².